The van der Waals surface area contributed by atoms with Gasteiger partial charge in [-0.15, -0.1) is 0 Å². The summed E-state index contributed by atoms with van der Waals surface area (Å²) in [7, 11) is 0. The lowest BCUT2D eigenvalue weighted by atomic mass is 10.1. The molecule has 0 amide bonds. The van der Waals surface area contributed by atoms with E-state index in [2.05, 4.69) is 28.3 Å². The van der Waals surface area contributed by atoms with Crippen molar-refractivity contribution in [3.05, 3.63) is 18.2 Å². The molecule has 2 heterocycles. The minimum Gasteiger partial charge on any atom is -0.331 e. The number of imidazole rings is 1. The number of hydrogen-bond donors (Lipinski definition) is 0. The first kappa shape index (κ1) is 10.7. The molecule has 0 N–H and O–H groups in total. The number of hydrogen-bond acceptors (Lipinski definition) is 2. The van der Waals surface area contributed by atoms with Crippen LogP contribution in [-0.2, 0) is 6.54 Å². The second kappa shape index (κ2) is 4.79. The monoisotopic (exact) mass is 207 g/mol. The fourth-order valence-corrected chi connectivity index (χ4v) is 2.27. The molecule has 0 aromatic carbocycles. The molecule has 0 aliphatic carbocycles. The van der Waals surface area contributed by atoms with Crippen LogP contribution in [0.4, 0.5) is 0 Å². The molecule has 0 unspecified atom stereocenters. The van der Waals surface area contributed by atoms with Gasteiger partial charge in [0.2, 0.25) is 0 Å². The molecule has 1 aromatic rings. The van der Waals surface area contributed by atoms with E-state index in [4.69, 9.17) is 0 Å². The molecule has 2 rings (SSSR count). The summed E-state index contributed by atoms with van der Waals surface area (Å²) in [6, 6.07) is 0.521. The quantitative estimate of drug-likeness (QED) is 0.759. The molecular weight excluding hydrogens is 186 g/mol. The summed E-state index contributed by atoms with van der Waals surface area (Å²) in [5.74, 6) is 0. The predicted octanol–water partition coefficient (Wildman–Crippen LogP) is 2.45. The summed E-state index contributed by atoms with van der Waals surface area (Å²) < 4.78 is 2.27. The average molecular weight is 207 g/mol. The largest absolute Gasteiger partial charge is 0.331 e. The second-order valence-corrected chi connectivity index (χ2v) is 4.72. The van der Waals surface area contributed by atoms with Gasteiger partial charge in [-0.05, 0) is 39.8 Å². The summed E-state index contributed by atoms with van der Waals surface area (Å²) in [6.45, 7) is 7.99. The topological polar surface area (TPSA) is 21.1 Å². The van der Waals surface area contributed by atoms with Gasteiger partial charge in [0, 0.05) is 18.8 Å². The van der Waals surface area contributed by atoms with Gasteiger partial charge in [-0.1, -0.05) is 6.42 Å². The first-order valence-electron chi connectivity index (χ1n) is 6.00. The molecule has 3 heteroatoms. The summed E-state index contributed by atoms with van der Waals surface area (Å²) in [4.78, 5) is 6.79. The lowest BCUT2D eigenvalue weighted by Gasteiger charge is -2.27. The van der Waals surface area contributed by atoms with Gasteiger partial charge >= 0.3 is 0 Å². The molecule has 0 bridgehead atoms. The zero-order valence-corrected chi connectivity index (χ0v) is 9.82. The summed E-state index contributed by atoms with van der Waals surface area (Å²) in [5, 5.41) is 0. The van der Waals surface area contributed by atoms with Gasteiger partial charge in [0.25, 0.3) is 0 Å². The van der Waals surface area contributed by atoms with Crippen LogP contribution < -0.4 is 0 Å². The third-order valence-corrected chi connectivity index (χ3v) is 3.14. The normalized spacial score (nSPS) is 18.6. The Hall–Kier alpha value is -0.830. The van der Waals surface area contributed by atoms with E-state index in [-0.39, 0.29) is 0 Å². The molecule has 0 spiro atoms. The van der Waals surface area contributed by atoms with Crippen LogP contribution in [0.2, 0.25) is 0 Å². The summed E-state index contributed by atoms with van der Waals surface area (Å²) in [5.41, 5.74) is 1.35. The lowest BCUT2D eigenvalue weighted by Crippen LogP contribution is -2.30. The third-order valence-electron chi connectivity index (χ3n) is 3.14. The van der Waals surface area contributed by atoms with Gasteiger partial charge in [0.1, 0.15) is 0 Å². The fourth-order valence-electron chi connectivity index (χ4n) is 2.27. The van der Waals surface area contributed by atoms with E-state index >= 15 is 0 Å². The SMILES string of the molecule is CC(C)n1cncc1CN1CCCCC1. The minimum absolute atomic E-state index is 0.521. The van der Waals surface area contributed by atoms with E-state index in [9.17, 15) is 0 Å². The Morgan fingerprint density at radius 1 is 1.27 bits per heavy atom. The Morgan fingerprint density at radius 2 is 2.00 bits per heavy atom. The highest BCUT2D eigenvalue weighted by Crippen LogP contribution is 2.15. The van der Waals surface area contributed by atoms with Crippen LogP contribution in [0.5, 0.6) is 0 Å². The molecule has 3 nitrogen and oxygen atoms in total. The highest BCUT2D eigenvalue weighted by molar-refractivity contribution is 5.00. The van der Waals surface area contributed by atoms with Crippen LogP contribution in [0.25, 0.3) is 0 Å². The van der Waals surface area contributed by atoms with Gasteiger partial charge in [-0.25, -0.2) is 4.98 Å². The van der Waals surface area contributed by atoms with Crippen molar-refractivity contribution in [1.82, 2.24) is 14.5 Å². The number of aromatic nitrogens is 2. The molecule has 0 radical (unpaired) electrons. The van der Waals surface area contributed by atoms with Gasteiger partial charge < -0.3 is 4.57 Å². The Labute approximate surface area is 92.1 Å². The van der Waals surface area contributed by atoms with Crippen molar-refractivity contribution in [2.24, 2.45) is 0 Å². The van der Waals surface area contributed by atoms with Crippen molar-refractivity contribution in [3.63, 3.8) is 0 Å². The van der Waals surface area contributed by atoms with E-state index < -0.39 is 0 Å². The minimum atomic E-state index is 0.521. The smallest absolute Gasteiger partial charge is 0.0951 e. The molecule has 0 atom stereocenters. The van der Waals surface area contributed by atoms with E-state index in [1.54, 1.807) is 0 Å². The average Bonchev–Trinajstić information content (AvgIpc) is 2.67. The van der Waals surface area contributed by atoms with Gasteiger partial charge in [0.05, 0.1) is 12.0 Å². The van der Waals surface area contributed by atoms with Crippen molar-refractivity contribution in [1.29, 1.82) is 0 Å². The van der Waals surface area contributed by atoms with Crippen LogP contribution in [0.1, 0.15) is 44.8 Å². The molecule has 1 aliphatic rings. The van der Waals surface area contributed by atoms with E-state index in [1.807, 2.05) is 12.5 Å². The first-order valence-corrected chi connectivity index (χ1v) is 6.00. The number of rotatable bonds is 3. The first-order chi connectivity index (χ1) is 7.27. The Morgan fingerprint density at radius 3 is 2.67 bits per heavy atom. The van der Waals surface area contributed by atoms with Crippen molar-refractivity contribution >= 4 is 0 Å². The molecule has 1 fully saturated rings. The second-order valence-electron chi connectivity index (χ2n) is 4.72. The molecule has 0 saturated carbocycles. The molecule has 84 valence electrons. The number of nitrogens with zero attached hydrogens (tertiary/aromatic N) is 3. The van der Waals surface area contributed by atoms with Crippen molar-refractivity contribution < 1.29 is 0 Å². The van der Waals surface area contributed by atoms with Crippen molar-refractivity contribution in [3.8, 4) is 0 Å². The molecule has 1 aliphatic heterocycles. The maximum atomic E-state index is 4.25. The third kappa shape index (κ3) is 2.59. The highest BCUT2D eigenvalue weighted by Gasteiger charge is 2.13. The van der Waals surface area contributed by atoms with Crippen LogP contribution in [0.15, 0.2) is 12.5 Å². The molecule has 15 heavy (non-hydrogen) atoms. The molecular formula is C12H21N3. The Bertz CT molecular complexity index is 298. The van der Waals surface area contributed by atoms with Crippen LogP contribution in [0, 0.1) is 0 Å². The zero-order chi connectivity index (χ0) is 10.7. The van der Waals surface area contributed by atoms with Crippen LogP contribution in [0.3, 0.4) is 0 Å². The van der Waals surface area contributed by atoms with Crippen LogP contribution >= 0.6 is 0 Å². The maximum Gasteiger partial charge on any atom is 0.0951 e. The van der Waals surface area contributed by atoms with Crippen LogP contribution in [-0.4, -0.2) is 27.5 Å². The maximum absolute atomic E-state index is 4.25. The number of piperidine rings is 1. The lowest BCUT2D eigenvalue weighted by molar-refractivity contribution is 0.215. The van der Waals surface area contributed by atoms with Crippen molar-refractivity contribution in [2.75, 3.05) is 13.1 Å². The standard InChI is InChI=1S/C12H21N3/c1-11(2)15-10-13-8-12(15)9-14-6-4-3-5-7-14/h8,10-11H,3-7,9H2,1-2H3. The highest BCUT2D eigenvalue weighted by atomic mass is 15.2. The summed E-state index contributed by atoms with van der Waals surface area (Å²) >= 11 is 0. The van der Waals surface area contributed by atoms with Crippen molar-refractivity contribution in [2.45, 2.75) is 45.7 Å². The molecule has 1 aromatic heterocycles. The Kier molecular flexibility index (Phi) is 3.41. The zero-order valence-electron chi connectivity index (χ0n) is 9.82. The van der Waals surface area contributed by atoms with Gasteiger partial charge in [-0.3, -0.25) is 4.90 Å². The van der Waals surface area contributed by atoms with Gasteiger partial charge in [0.15, 0.2) is 0 Å². The molecule has 1 saturated heterocycles. The van der Waals surface area contributed by atoms with E-state index in [0.29, 0.717) is 6.04 Å². The summed E-state index contributed by atoms with van der Waals surface area (Å²) in [6.07, 6.45) is 8.07. The number of likely N-dealkylation sites (tertiary alicyclic amines) is 1. The van der Waals surface area contributed by atoms with E-state index in [0.717, 1.165) is 6.54 Å². The van der Waals surface area contributed by atoms with Gasteiger partial charge in [-0.2, -0.15) is 0 Å². The van der Waals surface area contributed by atoms with E-state index in [1.165, 1.54) is 38.0 Å². The Balaban J connectivity index is 1.99. The predicted molar refractivity (Wildman–Crippen MR) is 61.7 cm³/mol. The fraction of sp³-hybridized carbons (Fsp3) is 0.750.